The molecule has 1 aromatic carbocycles. The number of nitrogens with one attached hydrogen (secondary N) is 1. The molecule has 1 heterocycles. The zero-order valence-electron chi connectivity index (χ0n) is 10.9. The first-order valence-corrected chi connectivity index (χ1v) is 6.03. The van der Waals surface area contributed by atoms with E-state index in [1.807, 2.05) is 25.1 Å². The second kappa shape index (κ2) is 5.95. The highest BCUT2D eigenvalue weighted by Crippen LogP contribution is 2.16. The van der Waals surface area contributed by atoms with Crippen LogP contribution in [0.3, 0.4) is 0 Å². The fourth-order valence-corrected chi connectivity index (χ4v) is 1.55. The number of carbonyl (C=O) groups excluding carboxylic acids is 1. The molecule has 2 aromatic rings. The van der Waals surface area contributed by atoms with Crippen molar-refractivity contribution < 1.29 is 9.53 Å². The van der Waals surface area contributed by atoms with Gasteiger partial charge in [-0.25, -0.2) is 4.79 Å². The van der Waals surface area contributed by atoms with Crippen molar-refractivity contribution >= 4 is 17.5 Å². The molecule has 0 amide bonds. The summed E-state index contributed by atoms with van der Waals surface area (Å²) in [5.74, 6) is 0.299. The van der Waals surface area contributed by atoms with Gasteiger partial charge in [-0.15, -0.1) is 5.10 Å². The molecule has 0 atom stereocenters. The smallest absolute Gasteiger partial charge is 0.338 e. The Morgan fingerprint density at radius 2 is 2.11 bits per heavy atom. The number of aryl methyl sites for hydroxylation is 1. The molecule has 0 unspecified atom stereocenters. The van der Waals surface area contributed by atoms with Crippen molar-refractivity contribution in [2.45, 2.75) is 13.8 Å². The minimum atomic E-state index is -0.332. The van der Waals surface area contributed by atoms with E-state index in [2.05, 4.69) is 15.5 Å². The summed E-state index contributed by atoms with van der Waals surface area (Å²) >= 11 is 0. The van der Waals surface area contributed by atoms with E-state index >= 15 is 0 Å². The quantitative estimate of drug-likeness (QED) is 0.853. The van der Waals surface area contributed by atoms with Crippen molar-refractivity contribution in [3.05, 3.63) is 47.7 Å². The topological polar surface area (TPSA) is 64.1 Å². The Morgan fingerprint density at radius 3 is 2.79 bits per heavy atom. The van der Waals surface area contributed by atoms with Crippen LogP contribution in [-0.4, -0.2) is 22.8 Å². The fourth-order valence-electron chi connectivity index (χ4n) is 1.55. The summed E-state index contributed by atoms with van der Waals surface area (Å²) in [5.41, 5.74) is 2.13. The number of esters is 1. The molecule has 0 aliphatic heterocycles. The molecule has 5 heteroatoms. The lowest BCUT2D eigenvalue weighted by atomic mass is 10.2. The fraction of sp³-hybridized carbons (Fsp3) is 0.214. The van der Waals surface area contributed by atoms with Gasteiger partial charge in [0.25, 0.3) is 0 Å². The van der Waals surface area contributed by atoms with Gasteiger partial charge in [0.2, 0.25) is 0 Å². The number of ether oxygens (including phenoxy) is 1. The first-order valence-electron chi connectivity index (χ1n) is 6.03. The Balaban J connectivity index is 2.15. The molecule has 0 saturated carbocycles. The van der Waals surface area contributed by atoms with Gasteiger partial charge in [0.15, 0.2) is 5.82 Å². The summed E-state index contributed by atoms with van der Waals surface area (Å²) in [6.45, 7) is 4.01. The molecule has 0 spiro atoms. The van der Waals surface area contributed by atoms with Crippen LogP contribution in [0.5, 0.6) is 0 Å². The Hall–Kier alpha value is -2.43. The third kappa shape index (κ3) is 3.51. The van der Waals surface area contributed by atoms with Crippen LogP contribution in [0.25, 0.3) is 0 Å². The van der Waals surface area contributed by atoms with Crippen LogP contribution in [-0.2, 0) is 4.74 Å². The molecule has 98 valence electrons. The van der Waals surface area contributed by atoms with Gasteiger partial charge < -0.3 is 10.1 Å². The molecule has 1 aromatic heterocycles. The number of nitrogens with zero attached hydrogens (tertiary/aromatic N) is 2. The van der Waals surface area contributed by atoms with Gasteiger partial charge in [-0.3, -0.25) is 0 Å². The Morgan fingerprint density at radius 1 is 1.26 bits per heavy atom. The van der Waals surface area contributed by atoms with Gasteiger partial charge in [0.05, 0.1) is 17.9 Å². The number of hydrogen-bond acceptors (Lipinski definition) is 5. The zero-order valence-corrected chi connectivity index (χ0v) is 10.9. The van der Waals surface area contributed by atoms with Crippen LogP contribution in [0, 0.1) is 6.92 Å². The summed E-state index contributed by atoms with van der Waals surface area (Å²) in [4.78, 5) is 11.6. The second-order valence-electron chi connectivity index (χ2n) is 3.99. The summed E-state index contributed by atoms with van der Waals surface area (Å²) in [6, 6.07) is 10.8. The Labute approximate surface area is 111 Å². The van der Waals surface area contributed by atoms with E-state index in [0.29, 0.717) is 18.0 Å². The third-order valence-electron chi connectivity index (χ3n) is 2.44. The highest BCUT2D eigenvalue weighted by atomic mass is 16.5. The SMILES string of the molecule is CCOC(=O)c1cccc(Nc2ccc(C)nn2)c1. The van der Waals surface area contributed by atoms with Gasteiger partial charge in [-0.2, -0.15) is 5.10 Å². The highest BCUT2D eigenvalue weighted by molar-refractivity contribution is 5.90. The van der Waals surface area contributed by atoms with Crippen LogP contribution >= 0.6 is 0 Å². The number of anilines is 2. The molecule has 1 N–H and O–H groups in total. The molecular weight excluding hydrogens is 242 g/mol. The number of hydrogen-bond donors (Lipinski definition) is 1. The maximum absolute atomic E-state index is 11.6. The summed E-state index contributed by atoms with van der Waals surface area (Å²) in [5, 5.41) is 11.1. The van der Waals surface area contributed by atoms with Gasteiger partial charge in [-0.1, -0.05) is 6.07 Å². The first-order chi connectivity index (χ1) is 9.19. The Kier molecular flexibility index (Phi) is 4.07. The lowest BCUT2D eigenvalue weighted by molar-refractivity contribution is 0.0526. The number of rotatable bonds is 4. The van der Waals surface area contributed by atoms with Gasteiger partial charge >= 0.3 is 5.97 Å². The second-order valence-corrected chi connectivity index (χ2v) is 3.99. The molecule has 0 aliphatic rings. The minimum Gasteiger partial charge on any atom is -0.462 e. The summed E-state index contributed by atoms with van der Waals surface area (Å²) in [6.07, 6.45) is 0. The van der Waals surface area contributed by atoms with E-state index in [1.165, 1.54) is 0 Å². The van der Waals surface area contributed by atoms with Crippen LogP contribution < -0.4 is 5.32 Å². The van der Waals surface area contributed by atoms with Crippen LogP contribution in [0.15, 0.2) is 36.4 Å². The van der Waals surface area contributed by atoms with Gasteiger partial charge in [0, 0.05) is 5.69 Å². The molecule has 0 aliphatic carbocycles. The molecular formula is C14H15N3O2. The molecule has 0 radical (unpaired) electrons. The summed E-state index contributed by atoms with van der Waals surface area (Å²) < 4.78 is 4.95. The molecule has 19 heavy (non-hydrogen) atoms. The normalized spacial score (nSPS) is 10.0. The maximum Gasteiger partial charge on any atom is 0.338 e. The number of benzene rings is 1. The van der Waals surface area contributed by atoms with E-state index in [-0.39, 0.29) is 5.97 Å². The lowest BCUT2D eigenvalue weighted by Crippen LogP contribution is -2.05. The predicted molar refractivity (Wildman–Crippen MR) is 72.5 cm³/mol. The predicted octanol–water partition coefficient (Wildman–Crippen LogP) is 2.71. The molecule has 0 saturated heterocycles. The summed E-state index contributed by atoms with van der Waals surface area (Å²) in [7, 11) is 0. The minimum absolute atomic E-state index is 0.332. The molecule has 5 nitrogen and oxygen atoms in total. The molecule has 0 fully saturated rings. The first kappa shape index (κ1) is 13.0. The van der Waals surface area contributed by atoms with E-state index in [0.717, 1.165) is 11.4 Å². The highest BCUT2D eigenvalue weighted by Gasteiger charge is 2.07. The van der Waals surface area contributed by atoms with Crippen LogP contribution in [0.4, 0.5) is 11.5 Å². The number of aromatic nitrogens is 2. The van der Waals surface area contributed by atoms with Crippen molar-refractivity contribution in [1.29, 1.82) is 0 Å². The van der Waals surface area contributed by atoms with Crippen molar-refractivity contribution in [1.82, 2.24) is 10.2 Å². The van der Waals surface area contributed by atoms with Crippen LogP contribution in [0.2, 0.25) is 0 Å². The van der Waals surface area contributed by atoms with Crippen molar-refractivity contribution in [2.75, 3.05) is 11.9 Å². The van der Waals surface area contributed by atoms with Crippen molar-refractivity contribution in [3.8, 4) is 0 Å². The van der Waals surface area contributed by atoms with Gasteiger partial charge in [0.1, 0.15) is 0 Å². The van der Waals surface area contributed by atoms with Gasteiger partial charge in [-0.05, 0) is 44.2 Å². The van der Waals surface area contributed by atoms with Crippen molar-refractivity contribution in [2.24, 2.45) is 0 Å². The molecule has 0 bridgehead atoms. The van der Waals surface area contributed by atoms with E-state index in [4.69, 9.17) is 4.74 Å². The van der Waals surface area contributed by atoms with E-state index in [9.17, 15) is 4.79 Å². The lowest BCUT2D eigenvalue weighted by Gasteiger charge is -2.07. The Bertz CT molecular complexity index is 567. The average Bonchev–Trinajstić information content (AvgIpc) is 2.42. The third-order valence-corrected chi connectivity index (χ3v) is 2.44. The number of carbonyl (C=O) groups is 1. The monoisotopic (exact) mass is 257 g/mol. The van der Waals surface area contributed by atoms with E-state index in [1.54, 1.807) is 25.1 Å². The standard InChI is InChI=1S/C14H15N3O2/c1-3-19-14(18)11-5-4-6-12(9-11)15-13-8-7-10(2)16-17-13/h4-9H,3H2,1-2H3,(H,15,17). The van der Waals surface area contributed by atoms with Crippen LogP contribution in [0.1, 0.15) is 23.0 Å². The largest absolute Gasteiger partial charge is 0.462 e. The van der Waals surface area contributed by atoms with Crippen molar-refractivity contribution in [3.63, 3.8) is 0 Å². The van der Waals surface area contributed by atoms with E-state index < -0.39 is 0 Å². The average molecular weight is 257 g/mol. The zero-order chi connectivity index (χ0) is 13.7. The maximum atomic E-state index is 11.6. The molecule has 2 rings (SSSR count).